The highest BCUT2D eigenvalue weighted by Crippen LogP contribution is 2.23. The fourth-order valence-electron chi connectivity index (χ4n) is 1.29. The Kier molecular flexibility index (Phi) is 3.50. The van der Waals surface area contributed by atoms with Gasteiger partial charge in [0.25, 0.3) is 10.0 Å². The Morgan fingerprint density at radius 2 is 1.89 bits per heavy atom. The molecular formula is C10H7F3N2O2S2. The van der Waals surface area contributed by atoms with Gasteiger partial charge in [0.2, 0.25) is 0 Å². The summed E-state index contributed by atoms with van der Waals surface area (Å²) in [7, 11) is -4.35. The lowest BCUT2D eigenvalue weighted by molar-refractivity contribution is 0.432. The van der Waals surface area contributed by atoms with E-state index < -0.39 is 32.4 Å². The minimum absolute atomic E-state index is 0.0154. The Balaban J connectivity index is 2.43. The van der Waals surface area contributed by atoms with Gasteiger partial charge in [-0.25, -0.2) is 26.6 Å². The highest BCUT2D eigenvalue weighted by Gasteiger charge is 2.24. The number of thiazole rings is 1. The summed E-state index contributed by atoms with van der Waals surface area (Å²) in [6.07, 6.45) is 0. The number of rotatable bonds is 3. The van der Waals surface area contributed by atoms with Crippen LogP contribution in [0.15, 0.2) is 22.4 Å². The molecule has 1 heterocycles. The summed E-state index contributed by atoms with van der Waals surface area (Å²) in [5.74, 6) is -5.06. The predicted molar refractivity (Wildman–Crippen MR) is 64.0 cm³/mol. The first-order valence-electron chi connectivity index (χ1n) is 4.89. The predicted octanol–water partition coefficient (Wildman–Crippen LogP) is 2.67. The zero-order valence-corrected chi connectivity index (χ0v) is 11.1. The van der Waals surface area contributed by atoms with E-state index in [4.69, 9.17) is 0 Å². The summed E-state index contributed by atoms with van der Waals surface area (Å²) in [6, 6.07) is 1.19. The molecule has 1 aromatic carbocycles. The second-order valence-electron chi connectivity index (χ2n) is 3.57. The van der Waals surface area contributed by atoms with Crippen molar-refractivity contribution in [1.29, 1.82) is 0 Å². The van der Waals surface area contributed by atoms with Crippen molar-refractivity contribution in [2.45, 2.75) is 11.8 Å². The van der Waals surface area contributed by atoms with Gasteiger partial charge in [-0.1, -0.05) is 0 Å². The molecule has 0 radical (unpaired) electrons. The second-order valence-corrected chi connectivity index (χ2v) is 6.08. The zero-order chi connectivity index (χ0) is 14.2. The summed E-state index contributed by atoms with van der Waals surface area (Å²) in [4.78, 5) is 2.86. The van der Waals surface area contributed by atoms with Crippen molar-refractivity contribution >= 4 is 26.5 Å². The average Bonchev–Trinajstić information content (AvgIpc) is 2.70. The molecule has 0 aliphatic carbocycles. The van der Waals surface area contributed by atoms with E-state index in [1.807, 2.05) is 4.72 Å². The molecule has 1 N–H and O–H groups in total. The van der Waals surface area contributed by atoms with Gasteiger partial charge in [-0.05, 0) is 19.1 Å². The lowest BCUT2D eigenvalue weighted by atomic mass is 10.3. The van der Waals surface area contributed by atoms with Crippen LogP contribution in [0.2, 0.25) is 0 Å². The van der Waals surface area contributed by atoms with Crippen molar-refractivity contribution in [2.75, 3.05) is 4.72 Å². The number of anilines is 1. The van der Waals surface area contributed by atoms with E-state index in [2.05, 4.69) is 4.98 Å². The Morgan fingerprint density at radius 3 is 2.47 bits per heavy atom. The van der Waals surface area contributed by atoms with E-state index in [0.29, 0.717) is 17.8 Å². The maximum atomic E-state index is 13.4. The van der Waals surface area contributed by atoms with Crippen molar-refractivity contribution in [3.63, 3.8) is 0 Å². The van der Waals surface area contributed by atoms with Gasteiger partial charge in [0.15, 0.2) is 22.6 Å². The van der Waals surface area contributed by atoms with Crippen LogP contribution in [0.4, 0.5) is 18.3 Å². The maximum absolute atomic E-state index is 13.4. The number of nitrogens with zero attached hydrogens (tertiary/aromatic N) is 1. The maximum Gasteiger partial charge on any atom is 0.266 e. The summed E-state index contributed by atoms with van der Waals surface area (Å²) >= 11 is 0.993. The van der Waals surface area contributed by atoms with Gasteiger partial charge in [0.1, 0.15) is 4.90 Å². The van der Waals surface area contributed by atoms with Crippen molar-refractivity contribution in [3.8, 4) is 0 Å². The van der Waals surface area contributed by atoms with Crippen LogP contribution in [0.25, 0.3) is 0 Å². The second kappa shape index (κ2) is 4.82. The quantitative estimate of drug-likeness (QED) is 0.887. The number of hydrogen-bond donors (Lipinski definition) is 1. The van der Waals surface area contributed by atoms with E-state index in [1.54, 1.807) is 12.3 Å². The van der Waals surface area contributed by atoms with Crippen LogP contribution in [-0.4, -0.2) is 13.4 Å². The van der Waals surface area contributed by atoms with Crippen LogP contribution in [0, 0.1) is 24.4 Å². The third-order valence-corrected chi connectivity index (χ3v) is 4.49. The summed E-state index contributed by atoms with van der Waals surface area (Å²) in [5.41, 5.74) is 0.577. The molecule has 102 valence electrons. The van der Waals surface area contributed by atoms with Gasteiger partial charge in [0, 0.05) is 5.38 Å². The van der Waals surface area contributed by atoms with Crippen molar-refractivity contribution in [1.82, 2.24) is 4.98 Å². The van der Waals surface area contributed by atoms with Gasteiger partial charge >= 0.3 is 0 Å². The standard InChI is InChI=1S/C10H7F3N2O2S2/c1-5-4-18-10(14-5)15-19(16,17)7-3-2-6(11)8(12)9(7)13/h2-4H,1H3,(H,14,15). The molecule has 2 rings (SSSR count). The van der Waals surface area contributed by atoms with E-state index in [1.165, 1.54) is 0 Å². The van der Waals surface area contributed by atoms with E-state index >= 15 is 0 Å². The third kappa shape index (κ3) is 2.71. The molecule has 2 aromatic rings. The molecule has 0 aliphatic rings. The molecule has 4 nitrogen and oxygen atoms in total. The first kappa shape index (κ1) is 13.8. The normalized spacial score (nSPS) is 11.6. The molecule has 0 atom stereocenters. The Morgan fingerprint density at radius 1 is 1.21 bits per heavy atom. The van der Waals surface area contributed by atoms with Crippen LogP contribution in [0.5, 0.6) is 0 Å². The number of aromatic nitrogens is 1. The monoisotopic (exact) mass is 308 g/mol. The fourth-order valence-corrected chi connectivity index (χ4v) is 3.30. The molecule has 0 saturated heterocycles. The molecule has 9 heteroatoms. The summed E-state index contributed by atoms with van der Waals surface area (Å²) in [6.45, 7) is 1.65. The highest BCUT2D eigenvalue weighted by atomic mass is 32.2. The van der Waals surface area contributed by atoms with Crippen LogP contribution in [0.3, 0.4) is 0 Å². The number of aryl methyl sites for hydroxylation is 1. The summed E-state index contributed by atoms with van der Waals surface area (Å²) in [5, 5.41) is 1.60. The van der Waals surface area contributed by atoms with Crippen LogP contribution >= 0.6 is 11.3 Å². The van der Waals surface area contributed by atoms with E-state index in [0.717, 1.165) is 11.3 Å². The SMILES string of the molecule is Cc1csc(NS(=O)(=O)c2ccc(F)c(F)c2F)n1. The number of nitrogens with one attached hydrogen (secondary N) is 1. The third-order valence-electron chi connectivity index (χ3n) is 2.13. The highest BCUT2D eigenvalue weighted by molar-refractivity contribution is 7.93. The van der Waals surface area contributed by atoms with Gasteiger partial charge < -0.3 is 0 Å². The zero-order valence-electron chi connectivity index (χ0n) is 9.45. The van der Waals surface area contributed by atoms with Crippen LogP contribution < -0.4 is 4.72 Å². The first-order chi connectivity index (χ1) is 8.81. The topological polar surface area (TPSA) is 59.1 Å². The van der Waals surface area contributed by atoms with Crippen LogP contribution in [0.1, 0.15) is 5.69 Å². The molecule has 0 saturated carbocycles. The number of benzene rings is 1. The van der Waals surface area contributed by atoms with Gasteiger partial charge in [-0.2, -0.15) is 0 Å². The molecule has 0 bridgehead atoms. The molecule has 0 aliphatic heterocycles. The van der Waals surface area contributed by atoms with E-state index in [9.17, 15) is 21.6 Å². The smallest absolute Gasteiger partial charge is 0.255 e. The average molecular weight is 308 g/mol. The van der Waals surface area contributed by atoms with Gasteiger partial charge in [-0.3, -0.25) is 4.72 Å². The van der Waals surface area contributed by atoms with Crippen LogP contribution in [-0.2, 0) is 10.0 Å². The summed E-state index contributed by atoms with van der Waals surface area (Å²) < 4.78 is 64.8. The fraction of sp³-hybridized carbons (Fsp3) is 0.100. The number of sulfonamides is 1. The lowest BCUT2D eigenvalue weighted by Gasteiger charge is -2.06. The molecule has 1 aromatic heterocycles. The molecule has 19 heavy (non-hydrogen) atoms. The van der Waals surface area contributed by atoms with Crippen molar-refractivity contribution in [2.24, 2.45) is 0 Å². The molecular weight excluding hydrogens is 301 g/mol. The number of halogens is 3. The minimum atomic E-state index is -4.35. The van der Waals surface area contributed by atoms with Gasteiger partial charge in [-0.15, -0.1) is 11.3 Å². The molecule has 0 unspecified atom stereocenters. The van der Waals surface area contributed by atoms with E-state index in [-0.39, 0.29) is 5.13 Å². The Bertz CT molecular complexity index is 728. The van der Waals surface area contributed by atoms with Crippen molar-refractivity contribution in [3.05, 3.63) is 40.7 Å². The largest absolute Gasteiger partial charge is 0.266 e. The molecule has 0 amide bonds. The Hall–Kier alpha value is -1.61. The lowest BCUT2D eigenvalue weighted by Crippen LogP contribution is -2.15. The van der Waals surface area contributed by atoms with Crippen molar-refractivity contribution < 1.29 is 21.6 Å². The van der Waals surface area contributed by atoms with Gasteiger partial charge in [0.05, 0.1) is 5.69 Å². The molecule has 0 fully saturated rings. The number of hydrogen-bond acceptors (Lipinski definition) is 4. The first-order valence-corrected chi connectivity index (χ1v) is 7.26. The minimum Gasteiger partial charge on any atom is -0.255 e. The molecule has 0 spiro atoms. The Labute approximate surface area is 111 Å².